The largest absolute Gasteiger partial charge is 0.496 e. The Hall–Kier alpha value is -2.36. The summed E-state index contributed by atoms with van der Waals surface area (Å²) < 4.78 is 5.22. The molecule has 0 bridgehead atoms. The van der Waals surface area contributed by atoms with E-state index in [9.17, 15) is 9.59 Å². The minimum Gasteiger partial charge on any atom is -0.496 e. The number of rotatable bonds is 3. The molecule has 0 aliphatic heterocycles. The van der Waals surface area contributed by atoms with Crippen molar-refractivity contribution in [2.24, 2.45) is 0 Å². The van der Waals surface area contributed by atoms with Crippen molar-refractivity contribution in [3.05, 3.63) is 52.4 Å². The first-order chi connectivity index (χ1) is 8.24. The molecule has 4 nitrogen and oxygen atoms in total. The van der Waals surface area contributed by atoms with Crippen LogP contribution in [0, 0.1) is 0 Å². The molecule has 1 N–H and O–H groups in total. The van der Waals surface area contributed by atoms with Crippen molar-refractivity contribution >= 4 is 6.29 Å². The second-order valence-electron chi connectivity index (χ2n) is 3.52. The summed E-state index contributed by atoms with van der Waals surface area (Å²) in [5.41, 5.74) is 1.96. The van der Waals surface area contributed by atoms with Crippen molar-refractivity contribution in [1.82, 2.24) is 4.98 Å². The first-order valence-electron chi connectivity index (χ1n) is 5.07. The fourth-order valence-corrected chi connectivity index (χ4v) is 1.60. The third-order valence-electron chi connectivity index (χ3n) is 2.45. The third-order valence-corrected chi connectivity index (χ3v) is 2.45. The molecule has 0 atom stereocenters. The average Bonchev–Trinajstić information content (AvgIpc) is 2.39. The Balaban J connectivity index is 2.59. The summed E-state index contributed by atoms with van der Waals surface area (Å²) in [4.78, 5) is 24.3. The minimum absolute atomic E-state index is 0.167. The fraction of sp³-hybridized carbons (Fsp3) is 0.0769. The number of hydrogen-bond donors (Lipinski definition) is 1. The molecule has 0 radical (unpaired) electrons. The first-order valence-corrected chi connectivity index (χ1v) is 5.07. The van der Waals surface area contributed by atoms with Crippen molar-refractivity contribution in [2.45, 2.75) is 0 Å². The predicted octanol–water partition coefficient (Wildman–Crippen LogP) is 1.86. The fourth-order valence-electron chi connectivity index (χ4n) is 1.60. The molecule has 0 aliphatic carbocycles. The number of pyridine rings is 1. The molecule has 17 heavy (non-hydrogen) atoms. The number of benzene rings is 1. The van der Waals surface area contributed by atoms with Gasteiger partial charge in [-0.15, -0.1) is 0 Å². The highest BCUT2D eigenvalue weighted by molar-refractivity contribution is 5.81. The predicted molar refractivity (Wildman–Crippen MR) is 64.4 cm³/mol. The van der Waals surface area contributed by atoms with Crippen LogP contribution in [0.2, 0.25) is 0 Å². The second kappa shape index (κ2) is 4.65. The van der Waals surface area contributed by atoms with Crippen LogP contribution >= 0.6 is 0 Å². The number of aromatic amines is 1. The van der Waals surface area contributed by atoms with Gasteiger partial charge in [0.1, 0.15) is 12.0 Å². The lowest BCUT2D eigenvalue weighted by Crippen LogP contribution is -2.01. The average molecular weight is 229 g/mol. The van der Waals surface area contributed by atoms with Gasteiger partial charge in [-0.25, -0.2) is 0 Å². The van der Waals surface area contributed by atoms with Crippen LogP contribution in [0.4, 0.5) is 0 Å². The van der Waals surface area contributed by atoms with E-state index in [4.69, 9.17) is 4.74 Å². The van der Waals surface area contributed by atoms with E-state index in [0.717, 1.165) is 17.4 Å². The molecule has 0 saturated heterocycles. The Morgan fingerprint density at radius 1 is 1.24 bits per heavy atom. The standard InChI is InChI=1S/C13H11NO3/c1-17-12-4-2-9(8-15)6-11(12)10-3-5-13(16)14-7-10/h2-8H,1H3,(H,14,16). The third kappa shape index (κ3) is 2.25. The summed E-state index contributed by atoms with van der Waals surface area (Å²) >= 11 is 0. The number of carbonyl (C=O) groups excluding carboxylic acids is 1. The molecule has 86 valence electrons. The van der Waals surface area contributed by atoms with E-state index in [1.165, 1.54) is 6.07 Å². The molecule has 1 aromatic carbocycles. The number of hydrogen-bond acceptors (Lipinski definition) is 3. The van der Waals surface area contributed by atoms with Crippen LogP contribution < -0.4 is 10.3 Å². The summed E-state index contributed by atoms with van der Waals surface area (Å²) in [5.74, 6) is 0.655. The summed E-state index contributed by atoms with van der Waals surface area (Å²) in [7, 11) is 1.56. The zero-order valence-electron chi connectivity index (χ0n) is 9.27. The van der Waals surface area contributed by atoms with E-state index in [0.29, 0.717) is 11.3 Å². The zero-order valence-corrected chi connectivity index (χ0v) is 9.27. The number of aldehydes is 1. The molecule has 0 spiro atoms. The Kier molecular flexibility index (Phi) is 3.05. The SMILES string of the molecule is COc1ccc(C=O)cc1-c1ccc(=O)[nH]c1. The van der Waals surface area contributed by atoms with Crippen LogP contribution in [0.15, 0.2) is 41.3 Å². The van der Waals surface area contributed by atoms with Gasteiger partial charge < -0.3 is 9.72 Å². The van der Waals surface area contributed by atoms with E-state index in [2.05, 4.69) is 4.98 Å². The maximum atomic E-state index is 11.0. The van der Waals surface area contributed by atoms with Crippen LogP contribution in [0.1, 0.15) is 10.4 Å². The monoisotopic (exact) mass is 229 g/mol. The lowest BCUT2D eigenvalue weighted by Gasteiger charge is -2.08. The van der Waals surface area contributed by atoms with Crippen molar-refractivity contribution < 1.29 is 9.53 Å². The van der Waals surface area contributed by atoms with Gasteiger partial charge in [0.05, 0.1) is 7.11 Å². The summed E-state index contributed by atoms with van der Waals surface area (Å²) in [5, 5.41) is 0. The highest BCUT2D eigenvalue weighted by Crippen LogP contribution is 2.29. The quantitative estimate of drug-likeness (QED) is 0.817. The highest BCUT2D eigenvalue weighted by atomic mass is 16.5. The molecule has 1 heterocycles. The molecule has 2 rings (SSSR count). The zero-order chi connectivity index (χ0) is 12.3. The van der Waals surface area contributed by atoms with Gasteiger partial charge in [-0.3, -0.25) is 9.59 Å². The van der Waals surface area contributed by atoms with E-state index in [-0.39, 0.29) is 5.56 Å². The smallest absolute Gasteiger partial charge is 0.247 e. The second-order valence-corrected chi connectivity index (χ2v) is 3.52. The molecule has 0 aliphatic rings. The molecule has 0 fully saturated rings. The van der Waals surface area contributed by atoms with Crippen LogP contribution in [0.25, 0.3) is 11.1 Å². The number of aromatic nitrogens is 1. The maximum Gasteiger partial charge on any atom is 0.247 e. The van der Waals surface area contributed by atoms with Gasteiger partial charge in [0, 0.05) is 29.0 Å². The van der Waals surface area contributed by atoms with E-state index in [1.807, 2.05) is 0 Å². The molecule has 0 saturated carbocycles. The Morgan fingerprint density at radius 3 is 2.65 bits per heavy atom. The van der Waals surface area contributed by atoms with Crippen LogP contribution in [-0.2, 0) is 0 Å². The van der Waals surface area contributed by atoms with Gasteiger partial charge in [0.15, 0.2) is 0 Å². The van der Waals surface area contributed by atoms with Crippen LogP contribution in [0.5, 0.6) is 5.75 Å². The Labute approximate surface area is 97.9 Å². The van der Waals surface area contributed by atoms with E-state index < -0.39 is 0 Å². The number of methoxy groups -OCH3 is 1. The van der Waals surface area contributed by atoms with Gasteiger partial charge >= 0.3 is 0 Å². The summed E-state index contributed by atoms with van der Waals surface area (Å²) in [6.45, 7) is 0. The molecule has 1 aromatic heterocycles. The van der Waals surface area contributed by atoms with Gasteiger partial charge in [-0.1, -0.05) is 0 Å². The van der Waals surface area contributed by atoms with Crippen LogP contribution in [-0.4, -0.2) is 18.4 Å². The highest BCUT2D eigenvalue weighted by Gasteiger charge is 2.06. The van der Waals surface area contributed by atoms with Crippen molar-refractivity contribution in [3.8, 4) is 16.9 Å². The van der Waals surface area contributed by atoms with Gasteiger partial charge in [0.25, 0.3) is 0 Å². The van der Waals surface area contributed by atoms with Gasteiger partial charge in [0.2, 0.25) is 5.56 Å². The summed E-state index contributed by atoms with van der Waals surface area (Å²) in [6, 6.07) is 8.25. The lowest BCUT2D eigenvalue weighted by atomic mass is 10.0. The molecule has 0 unspecified atom stereocenters. The normalized spacial score (nSPS) is 9.94. The molecule has 2 aromatic rings. The van der Waals surface area contributed by atoms with Crippen molar-refractivity contribution in [1.29, 1.82) is 0 Å². The van der Waals surface area contributed by atoms with Crippen molar-refractivity contribution in [2.75, 3.05) is 7.11 Å². The van der Waals surface area contributed by atoms with Gasteiger partial charge in [-0.2, -0.15) is 0 Å². The van der Waals surface area contributed by atoms with E-state index >= 15 is 0 Å². The number of carbonyl (C=O) groups is 1. The minimum atomic E-state index is -0.167. The number of H-pyrrole nitrogens is 1. The van der Waals surface area contributed by atoms with Gasteiger partial charge in [-0.05, 0) is 24.3 Å². The molecule has 4 heteroatoms. The van der Waals surface area contributed by atoms with Crippen LogP contribution in [0.3, 0.4) is 0 Å². The maximum absolute atomic E-state index is 11.0. The van der Waals surface area contributed by atoms with E-state index in [1.54, 1.807) is 37.6 Å². The Bertz CT molecular complexity index is 581. The molecular weight excluding hydrogens is 218 g/mol. The molecule has 0 amide bonds. The lowest BCUT2D eigenvalue weighted by molar-refractivity contribution is 0.112. The summed E-state index contributed by atoms with van der Waals surface area (Å²) in [6.07, 6.45) is 2.36. The topological polar surface area (TPSA) is 59.2 Å². The number of nitrogens with one attached hydrogen (secondary N) is 1. The first kappa shape index (κ1) is 11.1. The Morgan fingerprint density at radius 2 is 2.06 bits per heavy atom. The van der Waals surface area contributed by atoms with Crippen molar-refractivity contribution in [3.63, 3.8) is 0 Å². The molecular formula is C13H11NO3. The number of ether oxygens (including phenoxy) is 1.